The number of rotatable bonds is 5. The van der Waals surface area contributed by atoms with Crippen molar-refractivity contribution in [3.8, 4) is 11.3 Å². The van der Waals surface area contributed by atoms with Gasteiger partial charge < -0.3 is 5.32 Å². The third kappa shape index (κ3) is 3.77. The van der Waals surface area contributed by atoms with Crippen LogP contribution in [0.3, 0.4) is 0 Å². The Morgan fingerprint density at radius 2 is 1.26 bits per heavy atom. The molecule has 130 valence electrons. The van der Waals surface area contributed by atoms with Crippen LogP contribution in [0.2, 0.25) is 0 Å². The number of carbonyl (C=O) groups is 1. The first-order chi connectivity index (χ1) is 13.3. The van der Waals surface area contributed by atoms with E-state index >= 15 is 0 Å². The molecule has 0 amide bonds. The van der Waals surface area contributed by atoms with Gasteiger partial charge in [0.05, 0.1) is 11.3 Å². The lowest BCUT2D eigenvalue weighted by molar-refractivity contribution is 0.103. The predicted molar refractivity (Wildman–Crippen MR) is 109 cm³/mol. The van der Waals surface area contributed by atoms with Gasteiger partial charge in [-0.25, -0.2) is 4.98 Å². The first kappa shape index (κ1) is 16.7. The molecule has 0 unspecified atom stereocenters. The Balaban J connectivity index is 1.79. The van der Waals surface area contributed by atoms with Crippen molar-refractivity contribution in [1.29, 1.82) is 0 Å². The molecule has 0 saturated carbocycles. The lowest BCUT2D eigenvalue weighted by atomic mass is 10.0. The second kappa shape index (κ2) is 7.67. The van der Waals surface area contributed by atoms with Gasteiger partial charge in [-0.15, -0.1) is 0 Å². The van der Waals surface area contributed by atoms with E-state index in [2.05, 4.69) is 5.32 Å². The van der Waals surface area contributed by atoms with E-state index in [0.29, 0.717) is 16.9 Å². The Morgan fingerprint density at radius 1 is 0.667 bits per heavy atom. The molecule has 0 bridgehead atoms. The summed E-state index contributed by atoms with van der Waals surface area (Å²) < 4.78 is 0. The van der Waals surface area contributed by atoms with Gasteiger partial charge >= 0.3 is 0 Å². The van der Waals surface area contributed by atoms with Crippen LogP contribution in [0.1, 0.15) is 15.9 Å². The fourth-order valence-electron chi connectivity index (χ4n) is 2.91. The Hall–Kier alpha value is -3.72. The quantitative estimate of drug-likeness (QED) is 0.468. The van der Waals surface area contributed by atoms with Crippen molar-refractivity contribution in [2.75, 3.05) is 5.32 Å². The van der Waals surface area contributed by atoms with Gasteiger partial charge in [-0.2, -0.15) is 0 Å². The maximum absolute atomic E-state index is 13.0. The predicted octanol–water partition coefficient (Wildman–Crippen LogP) is 5.72. The van der Waals surface area contributed by atoms with Crippen LogP contribution in [0.5, 0.6) is 0 Å². The molecule has 0 aliphatic carbocycles. The zero-order valence-corrected chi connectivity index (χ0v) is 14.7. The molecule has 0 radical (unpaired) electrons. The van der Waals surface area contributed by atoms with Gasteiger partial charge in [0.25, 0.3) is 0 Å². The summed E-state index contributed by atoms with van der Waals surface area (Å²) in [5.74, 6) is 0.498. The summed E-state index contributed by atoms with van der Waals surface area (Å²) in [6, 6.07) is 32.7. The third-order valence-corrected chi connectivity index (χ3v) is 4.28. The van der Waals surface area contributed by atoms with Crippen LogP contribution in [0, 0.1) is 0 Å². The molecule has 1 aromatic heterocycles. The highest BCUT2D eigenvalue weighted by atomic mass is 16.1. The van der Waals surface area contributed by atoms with Crippen molar-refractivity contribution in [2.45, 2.75) is 0 Å². The van der Waals surface area contributed by atoms with Crippen molar-refractivity contribution in [3.05, 3.63) is 114 Å². The highest BCUT2D eigenvalue weighted by Crippen LogP contribution is 2.26. The standard InChI is InChI=1S/C24H18N2O/c27-23(19-12-6-2-7-13-19)21-16-17-22(18-10-4-1-5-11-18)26-24(21)25-20-14-8-3-9-15-20/h1-17H,(H,25,26). The molecule has 3 aromatic carbocycles. The largest absolute Gasteiger partial charge is 0.340 e. The van der Waals surface area contributed by atoms with Crippen molar-refractivity contribution in [1.82, 2.24) is 4.98 Å². The third-order valence-electron chi connectivity index (χ3n) is 4.28. The number of para-hydroxylation sites is 1. The van der Waals surface area contributed by atoms with Crippen LogP contribution in [0.25, 0.3) is 11.3 Å². The molecule has 0 fully saturated rings. The minimum absolute atomic E-state index is 0.0545. The van der Waals surface area contributed by atoms with Crippen LogP contribution in [0.4, 0.5) is 11.5 Å². The van der Waals surface area contributed by atoms with Gasteiger partial charge in [0.2, 0.25) is 0 Å². The number of nitrogens with zero attached hydrogens (tertiary/aromatic N) is 1. The Morgan fingerprint density at radius 3 is 1.93 bits per heavy atom. The zero-order chi connectivity index (χ0) is 18.5. The van der Waals surface area contributed by atoms with Crippen LogP contribution < -0.4 is 5.32 Å². The van der Waals surface area contributed by atoms with E-state index in [4.69, 9.17) is 4.98 Å². The van der Waals surface area contributed by atoms with Crippen molar-refractivity contribution >= 4 is 17.3 Å². The summed E-state index contributed by atoms with van der Waals surface area (Å²) in [5, 5.41) is 3.30. The molecule has 0 aliphatic heterocycles. The molecule has 4 aromatic rings. The monoisotopic (exact) mass is 350 g/mol. The second-order valence-electron chi connectivity index (χ2n) is 6.14. The number of hydrogen-bond acceptors (Lipinski definition) is 3. The second-order valence-corrected chi connectivity index (χ2v) is 6.14. The number of aromatic nitrogens is 1. The van der Waals surface area contributed by atoms with Crippen molar-refractivity contribution in [3.63, 3.8) is 0 Å². The molecule has 3 nitrogen and oxygen atoms in total. The summed E-state index contributed by atoms with van der Waals surface area (Å²) in [6.07, 6.45) is 0. The minimum Gasteiger partial charge on any atom is -0.340 e. The summed E-state index contributed by atoms with van der Waals surface area (Å²) in [5.41, 5.74) is 3.90. The number of hydrogen-bond donors (Lipinski definition) is 1. The van der Waals surface area contributed by atoms with Crippen LogP contribution in [0.15, 0.2) is 103 Å². The molecule has 0 saturated heterocycles. The number of ketones is 1. The Bertz CT molecular complexity index is 1050. The SMILES string of the molecule is O=C(c1ccccc1)c1ccc(-c2ccccc2)nc1Nc1ccccc1. The van der Waals surface area contributed by atoms with E-state index < -0.39 is 0 Å². The first-order valence-corrected chi connectivity index (χ1v) is 8.79. The van der Waals surface area contributed by atoms with Gasteiger partial charge in [-0.1, -0.05) is 78.9 Å². The van der Waals surface area contributed by atoms with Gasteiger partial charge in [0.1, 0.15) is 5.82 Å². The molecule has 0 atom stereocenters. The smallest absolute Gasteiger partial charge is 0.196 e. The maximum atomic E-state index is 13.0. The molecule has 0 aliphatic rings. The molecule has 3 heteroatoms. The normalized spacial score (nSPS) is 10.4. The average molecular weight is 350 g/mol. The Kier molecular flexibility index (Phi) is 4.75. The number of anilines is 2. The summed E-state index contributed by atoms with van der Waals surface area (Å²) in [6.45, 7) is 0. The number of benzene rings is 3. The molecule has 1 N–H and O–H groups in total. The van der Waals surface area contributed by atoms with E-state index in [-0.39, 0.29) is 5.78 Å². The first-order valence-electron chi connectivity index (χ1n) is 8.79. The average Bonchev–Trinajstić information content (AvgIpc) is 2.75. The minimum atomic E-state index is -0.0545. The molecule has 1 heterocycles. The molecule has 0 spiro atoms. The van der Waals surface area contributed by atoms with Gasteiger partial charge in [0.15, 0.2) is 5.78 Å². The lowest BCUT2D eigenvalue weighted by Crippen LogP contribution is -2.07. The fraction of sp³-hybridized carbons (Fsp3) is 0. The fourth-order valence-corrected chi connectivity index (χ4v) is 2.91. The number of pyridine rings is 1. The molecule has 27 heavy (non-hydrogen) atoms. The molecular formula is C24H18N2O. The van der Waals surface area contributed by atoms with Crippen molar-refractivity contribution in [2.24, 2.45) is 0 Å². The number of nitrogens with one attached hydrogen (secondary N) is 1. The lowest BCUT2D eigenvalue weighted by Gasteiger charge is -2.13. The molecular weight excluding hydrogens is 332 g/mol. The molecule has 4 rings (SSSR count). The van der Waals surface area contributed by atoms with Crippen LogP contribution in [-0.4, -0.2) is 10.8 Å². The van der Waals surface area contributed by atoms with E-state index in [1.54, 1.807) is 0 Å². The van der Waals surface area contributed by atoms with E-state index in [1.165, 1.54) is 0 Å². The van der Waals surface area contributed by atoms with E-state index in [9.17, 15) is 4.79 Å². The van der Waals surface area contributed by atoms with Crippen molar-refractivity contribution < 1.29 is 4.79 Å². The van der Waals surface area contributed by atoms with Gasteiger partial charge in [0, 0.05) is 16.8 Å². The maximum Gasteiger partial charge on any atom is 0.196 e. The topological polar surface area (TPSA) is 42.0 Å². The zero-order valence-electron chi connectivity index (χ0n) is 14.7. The van der Waals surface area contributed by atoms with Gasteiger partial charge in [-0.05, 0) is 24.3 Å². The number of carbonyl (C=O) groups excluding carboxylic acids is 1. The van der Waals surface area contributed by atoms with Crippen LogP contribution in [-0.2, 0) is 0 Å². The highest BCUT2D eigenvalue weighted by molar-refractivity contribution is 6.12. The summed E-state index contributed by atoms with van der Waals surface area (Å²) >= 11 is 0. The summed E-state index contributed by atoms with van der Waals surface area (Å²) in [4.78, 5) is 17.8. The van der Waals surface area contributed by atoms with Gasteiger partial charge in [-0.3, -0.25) is 4.79 Å². The van der Waals surface area contributed by atoms with Crippen LogP contribution >= 0.6 is 0 Å². The summed E-state index contributed by atoms with van der Waals surface area (Å²) in [7, 11) is 0. The highest BCUT2D eigenvalue weighted by Gasteiger charge is 2.16. The van der Waals surface area contributed by atoms with E-state index in [0.717, 1.165) is 16.9 Å². The Labute approximate surface area is 158 Å². The van der Waals surface area contributed by atoms with E-state index in [1.807, 2.05) is 103 Å².